The summed E-state index contributed by atoms with van der Waals surface area (Å²) in [7, 11) is 1.86. The predicted molar refractivity (Wildman–Crippen MR) is 71.8 cm³/mol. The molecule has 110 valence electrons. The third-order valence-electron chi connectivity index (χ3n) is 2.17. The zero-order valence-electron chi connectivity index (χ0n) is 11.4. The fraction of sp³-hybridized carbons (Fsp3) is 0.909. The molecule has 1 amide bonds. The fourth-order valence-corrected chi connectivity index (χ4v) is 1.25. The summed E-state index contributed by atoms with van der Waals surface area (Å²) in [5.74, 6) is 0.0458. The lowest BCUT2D eigenvalue weighted by atomic mass is 10.3. The molecule has 0 bridgehead atoms. The lowest BCUT2D eigenvalue weighted by Gasteiger charge is -2.06. The van der Waals surface area contributed by atoms with E-state index in [0.29, 0.717) is 45.9 Å². The van der Waals surface area contributed by atoms with Gasteiger partial charge in [-0.05, 0) is 25.5 Å². The summed E-state index contributed by atoms with van der Waals surface area (Å²) in [6, 6.07) is 0. The molecule has 0 aromatic rings. The van der Waals surface area contributed by atoms with Crippen molar-refractivity contribution in [2.24, 2.45) is 5.11 Å². The van der Waals surface area contributed by atoms with Gasteiger partial charge in [-0.25, -0.2) is 0 Å². The van der Waals surface area contributed by atoms with Crippen molar-refractivity contribution in [3.63, 3.8) is 0 Å². The summed E-state index contributed by atoms with van der Waals surface area (Å²) in [4.78, 5) is 13.9. The number of hydrogen-bond acceptors (Lipinski definition) is 5. The second-order valence-corrected chi connectivity index (χ2v) is 3.74. The number of rotatable bonds is 13. The van der Waals surface area contributed by atoms with Crippen molar-refractivity contribution >= 4 is 5.91 Å². The molecule has 2 N–H and O–H groups in total. The molecule has 0 aromatic carbocycles. The van der Waals surface area contributed by atoms with Gasteiger partial charge in [0, 0.05) is 24.4 Å². The number of nitrogens with zero attached hydrogens (tertiary/aromatic N) is 3. The van der Waals surface area contributed by atoms with Gasteiger partial charge >= 0.3 is 0 Å². The molecule has 0 radical (unpaired) electrons. The van der Waals surface area contributed by atoms with Gasteiger partial charge < -0.3 is 20.1 Å². The summed E-state index contributed by atoms with van der Waals surface area (Å²) >= 11 is 0. The van der Waals surface area contributed by atoms with Crippen molar-refractivity contribution in [2.45, 2.75) is 12.8 Å². The van der Waals surface area contributed by atoms with Crippen LogP contribution in [0.2, 0.25) is 0 Å². The Balaban J connectivity index is 3.13. The Kier molecular flexibility index (Phi) is 13.7. The van der Waals surface area contributed by atoms with Crippen molar-refractivity contribution in [2.75, 3.05) is 53.1 Å². The Labute approximate surface area is 113 Å². The Morgan fingerprint density at radius 3 is 2.63 bits per heavy atom. The zero-order valence-corrected chi connectivity index (χ0v) is 11.4. The van der Waals surface area contributed by atoms with Crippen molar-refractivity contribution < 1.29 is 14.3 Å². The molecule has 8 nitrogen and oxygen atoms in total. The number of amides is 1. The van der Waals surface area contributed by atoms with Crippen molar-refractivity contribution in [1.29, 1.82) is 0 Å². The van der Waals surface area contributed by atoms with Crippen LogP contribution in [0.3, 0.4) is 0 Å². The number of azide groups is 1. The monoisotopic (exact) mass is 273 g/mol. The highest BCUT2D eigenvalue weighted by Crippen LogP contribution is 1.86. The van der Waals surface area contributed by atoms with Gasteiger partial charge in [-0.15, -0.1) is 0 Å². The summed E-state index contributed by atoms with van der Waals surface area (Å²) < 4.78 is 10.4. The highest BCUT2D eigenvalue weighted by molar-refractivity contribution is 5.75. The van der Waals surface area contributed by atoms with Gasteiger partial charge in [-0.3, -0.25) is 4.79 Å². The van der Waals surface area contributed by atoms with E-state index in [9.17, 15) is 4.79 Å². The van der Waals surface area contributed by atoms with Crippen LogP contribution in [0.5, 0.6) is 0 Å². The molecule has 0 atom stereocenters. The van der Waals surface area contributed by atoms with E-state index in [1.54, 1.807) is 0 Å². The standard InChI is InChI=1S/C11H23N5O3/c1-13-4-2-3-11(17)14-5-7-18-9-10-19-8-6-15-16-12/h13H,2-10H2,1H3,(H,14,17). The van der Waals surface area contributed by atoms with Crippen LogP contribution in [0.1, 0.15) is 12.8 Å². The maximum atomic E-state index is 11.3. The van der Waals surface area contributed by atoms with E-state index in [4.69, 9.17) is 15.0 Å². The van der Waals surface area contributed by atoms with Crippen LogP contribution in [0.25, 0.3) is 10.4 Å². The highest BCUT2D eigenvalue weighted by atomic mass is 16.5. The van der Waals surface area contributed by atoms with Crippen LogP contribution in [-0.4, -0.2) is 59.0 Å². The normalized spacial score (nSPS) is 9.95. The molecule has 0 unspecified atom stereocenters. The summed E-state index contributed by atoms with van der Waals surface area (Å²) in [6.45, 7) is 3.48. The number of nitrogens with one attached hydrogen (secondary N) is 2. The third kappa shape index (κ3) is 14.6. The molecule has 0 saturated heterocycles. The largest absolute Gasteiger partial charge is 0.379 e. The van der Waals surface area contributed by atoms with E-state index >= 15 is 0 Å². The van der Waals surface area contributed by atoms with E-state index in [0.717, 1.165) is 13.0 Å². The molecule has 0 aliphatic carbocycles. The first-order valence-corrected chi connectivity index (χ1v) is 6.39. The first kappa shape index (κ1) is 17.7. The molecule has 0 saturated carbocycles. The Bertz CT molecular complexity index is 269. The van der Waals surface area contributed by atoms with Gasteiger partial charge in [-0.2, -0.15) is 0 Å². The van der Waals surface area contributed by atoms with E-state index in [1.165, 1.54) is 0 Å². The van der Waals surface area contributed by atoms with Gasteiger partial charge in [0.2, 0.25) is 5.91 Å². The summed E-state index contributed by atoms with van der Waals surface area (Å²) in [6.07, 6.45) is 1.37. The van der Waals surface area contributed by atoms with E-state index in [1.807, 2.05) is 7.05 Å². The average molecular weight is 273 g/mol. The lowest BCUT2D eigenvalue weighted by molar-refractivity contribution is -0.121. The van der Waals surface area contributed by atoms with Crippen LogP contribution in [0, 0.1) is 0 Å². The molecule has 0 heterocycles. The Hall–Kier alpha value is -1.34. The molecule has 0 aliphatic heterocycles. The second kappa shape index (κ2) is 14.7. The number of carbonyl (C=O) groups excluding carboxylic acids is 1. The summed E-state index contributed by atoms with van der Waals surface area (Å²) in [5, 5.41) is 9.09. The maximum Gasteiger partial charge on any atom is 0.220 e. The minimum Gasteiger partial charge on any atom is -0.379 e. The quantitative estimate of drug-likeness (QED) is 0.220. The van der Waals surface area contributed by atoms with Crippen molar-refractivity contribution in [3.8, 4) is 0 Å². The topological polar surface area (TPSA) is 108 Å². The van der Waals surface area contributed by atoms with Crippen LogP contribution in [0.15, 0.2) is 5.11 Å². The smallest absolute Gasteiger partial charge is 0.220 e. The first-order chi connectivity index (χ1) is 9.31. The highest BCUT2D eigenvalue weighted by Gasteiger charge is 1.99. The van der Waals surface area contributed by atoms with Crippen molar-refractivity contribution in [3.05, 3.63) is 10.4 Å². The van der Waals surface area contributed by atoms with E-state index in [2.05, 4.69) is 20.7 Å². The maximum absolute atomic E-state index is 11.3. The second-order valence-electron chi connectivity index (χ2n) is 3.74. The molecule has 0 fully saturated rings. The van der Waals surface area contributed by atoms with Crippen molar-refractivity contribution in [1.82, 2.24) is 10.6 Å². The third-order valence-corrected chi connectivity index (χ3v) is 2.17. The van der Waals surface area contributed by atoms with E-state index in [-0.39, 0.29) is 5.91 Å². The van der Waals surface area contributed by atoms with Gasteiger partial charge in [0.25, 0.3) is 0 Å². The molecule has 8 heteroatoms. The zero-order chi connectivity index (χ0) is 14.2. The Morgan fingerprint density at radius 1 is 1.21 bits per heavy atom. The molecule has 0 aromatic heterocycles. The molecular formula is C11H23N5O3. The number of hydrogen-bond donors (Lipinski definition) is 2. The van der Waals surface area contributed by atoms with Crippen LogP contribution in [-0.2, 0) is 14.3 Å². The minimum atomic E-state index is 0.0458. The molecular weight excluding hydrogens is 250 g/mol. The average Bonchev–Trinajstić information content (AvgIpc) is 2.41. The molecule has 0 rings (SSSR count). The van der Waals surface area contributed by atoms with Crippen LogP contribution >= 0.6 is 0 Å². The van der Waals surface area contributed by atoms with E-state index < -0.39 is 0 Å². The number of carbonyl (C=O) groups is 1. The van der Waals surface area contributed by atoms with Crippen LogP contribution < -0.4 is 10.6 Å². The lowest BCUT2D eigenvalue weighted by Crippen LogP contribution is -2.28. The van der Waals surface area contributed by atoms with Gasteiger partial charge in [0.1, 0.15) is 0 Å². The number of ether oxygens (including phenoxy) is 2. The molecule has 0 aliphatic rings. The minimum absolute atomic E-state index is 0.0458. The first-order valence-electron chi connectivity index (χ1n) is 6.39. The summed E-state index contributed by atoms with van der Waals surface area (Å²) in [5.41, 5.74) is 8.02. The SMILES string of the molecule is CNCCCC(=O)NCCOCCOCCN=[N+]=[N-]. The Morgan fingerprint density at radius 2 is 1.95 bits per heavy atom. The van der Waals surface area contributed by atoms with Gasteiger partial charge in [0.05, 0.1) is 26.4 Å². The predicted octanol–water partition coefficient (Wildman–Crippen LogP) is 0.446. The van der Waals surface area contributed by atoms with Crippen LogP contribution in [0.4, 0.5) is 0 Å². The van der Waals surface area contributed by atoms with Gasteiger partial charge in [0.15, 0.2) is 0 Å². The fourth-order valence-electron chi connectivity index (χ4n) is 1.25. The van der Waals surface area contributed by atoms with Gasteiger partial charge in [-0.1, -0.05) is 5.11 Å². The molecule has 0 spiro atoms. The molecule has 19 heavy (non-hydrogen) atoms.